The molecule has 7 fully saturated rings. The van der Waals surface area contributed by atoms with E-state index in [9.17, 15) is 32.0 Å². The molecule has 0 aliphatic carbocycles. The molecule has 3 atom stereocenters. The number of ether oxygens (including phenoxy) is 9. The van der Waals surface area contributed by atoms with Crippen LogP contribution in [0.3, 0.4) is 0 Å². The van der Waals surface area contributed by atoms with Gasteiger partial charge in [-0.05, 0) is 178 Å². The molecule has 0 spiro atoms. The Morgan fingerprint density at radius 3 is 1.03 bits per heavy atom. The molecule has 7 aliphatic rings. The second-order valence-electron chi connectivity index (χ2n) is 34.4. The molecule has 36 nitrogen and oxygen atoms in total. The highest BCUT2D eigenvalue weighted by molar-refractivity contribution is 7.89. The van der Waals surface area contributed by atoms with Crippen LogP contribution in [-0.2, 0) is 57.6 Å². The smallest absolute Gasteiger partial charge is 0.253 e. The van der Waals surface area contributed by atoms with Gasteiger partial charge in [-0.2, -0.15) is 4.31 Å². The van der Waals surface area contributed by atoms with Gasteiger partial charge in [0.25, 0.3) is 11.8 Å². The van der Waals surface area contributed by atoms with Gasteiger partial charge in [-0.1, -0.05) is 60.7 Å². The maximum Gasteiger partial charge on any atom is 0.253 e. The highest BCUT2D eigenvalue weighted by Crippen LogP contribution is 2.39. The van der Waals surface area contributed by atoms with E-state index in [4.69, 9.17) is 42.6 Å². The van der Waals surface area contributed by atoms with E-state index >= 15 is 0 Å². The molecule has 144 heavy (non-hydrogen) atoms. The van der Waals surface area contributed by atoms with E-state index in [1.54, 1.807) is 46.1 Å². The zero-order valence-corrected chi connectivity index (χ0v) is 81.1. The summed E-state index contributed by atoms with van der Waals surface area (Å²) >= 11 is 0. The van der Waals surface area contributed by atoms with Crippen molar-refractivity contribution in [3.8, 4) is 62.3 Å². The summed E-state index contributed by atoms with van der Waals surface area (Å²) in [4.78, 5) is 92.7. The van der Waals surface area contributed by atoms with Crippen LogP contribution in [0.15, 0.2) is 254 Å². The van der Waals surface area contributed by atoms with Crippen molar-refractivity contribution in [3.63, 3.8) is 0 Å². The number of rotatable bonds is 28. The standard InChI is InChI=1S/C28H27FN6O3S.3C26H29N5O4/c1-20(36)31-22-8-6-21(7-9-22)26-14-15-30-28(33-26)32-23-10-12-24(13-11-23)34-16-18-35(19-17-34)39(37,38)27-5-3-2-4-25(27)29;1-33-24-16-21(6-7-23(24)31-11-14-34-15-12-31)29-26-27-10-8-22(30-26)18-2-4-20(5-3-18)28-25(32)19-9-13-35-17-19;2*1-33-24-17-20(8-9-22(24)31-12-15-34-16-13-31)29-26-27-11-10-21(30-26)18-4-6-19(7-5-18)28-25(32)23-3-2-14-35-23/h2-15H,16-19H2,1H3,(H,31,36)(H,30,32,33);2-8,10,16,19H,9,11-15,17H2,1H3,(H,28,32)(H,27,29,30);2*4-11,17,23H,2-3,12-16H2,1H3,(H,28,32)(H,27,29,30)/t;;2*23-/m..10/s1. The molecule has 8 N–H and O–H groups in total. The van der Waals surface area contributed by atoms with Crippen molar-refractivity contribution in [3.05, 3.63) is 255 Å². The SMILES string of the molecule is CC(=O)Nc1ccc(-c2ccnc(Nc3ccc(N4CCN(S(=O)(=O)c5ccccc5F)CC4)cc3)n2)cc1.COc1cc(Nc2nccc(-c3ccc(NC(=O)C4CCOC4)cc3)n2)ccc1N1CCOCC1.COc1cc(Nc2nccc(-c3ccc(NC(=O)[C@@H]4CCCO4)cc3)n2)ccc1N1CCOCC1.COc1cc(Nc2nccc(-c3ccc(NC(=O)[C@H]4CCCO4)cc3)n2)ccc1N1CCOCC1. The lowest BCUT2D eigenvalue weighted by Gasteiger charge is -2.35. The zero-order chi connectivity index (χ0) is 99.5. The van der Waals surface area contributed by atoms with Gasteiger partial charge in [-0.25, -0.2) is 52.7 Å². The molecule has 4 amide bonds. The van der Waals surface area contributed by atoms with E-state index in [1.165, 1.54) is 29.4 Å². The second kappa shape index (κ2) is 48.8. The van der Waals surface area contributed by atoms with Gasteiger partial charge in [0.15, 0.2) is 0 Å². The molecule has 1 unspecified atom stereocenters. The summed E-state index contributed by atoms with van der Waals surface area (Å²) in [5, 5.41) is 24.6. The second-order valence-corrected chi connectivity index (χ2v) is 36.3. The monoisotopic (exact) mass is 1970 g/mol. The first-order valence-electron chi connectivity index (χ1n) is 47.8. The highest BCUT2D eigenvalue weighted by atomic mass is 32.2. The molecule has 38 heteroatoms. The van der Waals surface area contributed by atoms with Gasteiger partial charge in [0.1, 0.15) is 40.2 Å². The molecule has 11 heterocycles. The van der Waals surface area contributed by atoms with Gasteiger partial charge in [0.2, 0.25) is 45.6 Å². The fraction of sp³-hybridized carbons (Fsp3) is 0.302. The number of nitrogens with one attached hydrogen (secondary N) is 8. The number of carbonyl (C=O) groups excluding carboxylic acids is 4. The van der Waals surface area contributed by atoms with E-state index in [2.05, 4.69) is 102 Å². The van der Waals surface area contributed by atoms with E-state index in [0.717, 1.165) is 202 Å². The van der Waals surface area contributed by atoms with Crippen molar-refractivity contribution < 1.29 is 74.6 Å². The number of morpholine rings is 3. The van der Waals surface area contributed by atoms with Gasteiger partial charge < -0.3 is 105 Å². The minimum atomic E-state index is -3.88. The summed E-state index contributed by atoms with van der Waals surface area (Å²) in [7, 11) is 1.14. The number of amides is 4. The number of anilines is 16. The molecule has 0 bridgehead atoms. The number of halogens is 1. The first-order chi connectivity index (χ1) is 70.4. The van der Waals surface area contributed by atoms with E-state index in [0.29, 0.717) is 109 Å². The Morgan fingerprint density at radius 1 is 0.354 bits per heavy atom. The topological polar surface area (TPSA) is 401 Å². The lowest BCUT2D eigenvalue weighted by atomic mass is 10.1. The summed E-state index contributed by atoms with van der Waals surface area (Å²) < 4.78 is 90.6. The molecule has 746 valence electrons. The quantitative estimate of drug-likeness (QED) is 0.0226. The average Bonchev–Trinajstić information content (AvgIpc) is 1.16. The first-order valence-corrected chi connectivity index (χ1v) is 49.3. The lowest BCUT2D eigenvalue weighted by Crippen LogP contribution is -2.48. The minimum absolute atomic E-state index is 0.00107. The third kappa shape index (κ3) is 26.7. The molecule has 13 aromatic rings. The van der Waals surface area contributed by atoms with Crippen molar-refractivity contribution in [1.29, 1.82) is 0 Å². The Bertz CT molecular complexity index is 6190. The third-order valence-corrected chi connectivity index (χ3v) is 26.7. The van der Waals surface area contributed by atoms with Crippen LogP contribution in [0.5, 0.6) is 17.2 Å². The number of carbonyl (C=O) groups is 4. The highest BCUT2D eigenvalue weighted by Gasteiger charge is 2.33. The number of piperazine rings is 1. The van der Waals surface area contributed by atoms with Crippen molar-refractivity contribution in [1.82, 2.24) is 44.2 Å². The van der Waals surface area contributed by atoms with Crippen LogP contribution in [0, 0.1) is 11.7 Å². The van der Waals surface area contributed by atoms with Crippen molar-refractivity contribution in [2.45, 2.75) is 56.1 Å². The summed E-state index contributed by atoms with van der Waals surface area (Å²) in [6.45, 7) is 14.7. The van der Waals surface area contributed by atoms with E-state index in [1.807, 2.05) is 200 Å². The zero-order valence-electron chi connectivity index (χ0n) is 80.3. The van der Waals surface area contributed by atoms with Crippen molar-refractivity contribution in [2.75, 3.05) is 215 Å². The molecule has 9 aromatic carbocycles. The summed E-state index contributed by atoms with van der Waals surface area (Å²) in [5.74, 6) is 3.12. The van der Waals surface area contributed by atoms with Crippen LogP contribution in [0.25, 0.3) is 45.0 Å². The van der Waals surface area contributed by atoms with Gasteiger partial charge in [0, 0.05) is 209 Å². The molecule has 4 aromatic heterocycles. The number of benzene rings is 9. The molecular weight excluding hydrogens is 1860 g/mol. The lowest BCUT2D eigenvalue weighted by molar-refractivity contribution is -0.125. The van der Waals surface area contributed by atoms with Crippen LogP contribution in [0.4, 0.5) is 96.4 Å². The van der Waals surface area contributed by atoms with Crippen LogP contribution in [0.2, 0.25) is 0 Å². The Labute approximate surface area is 834 Å². The fourth-order valence-electron chi connectivity index (χ4n) is 17.1. The third-order valence-electron chi connectivity index (χ3n) is 24.8. The number of methoxy groups -OCH3 is 3. The molecule has 0 radical (unpaired) electrons. The number of aromatic nitrogens is 8. The van der Waals surface area contributed by atoms with Crippen molar-refractivity contribution in [2.24, 2.45) is 5.92 Å². The fourth-order valence-corrected chi connectivity index (χ4v) is 18.6. The Balaban J connectivity index is 0.000000132. The summed E-state index contributed by atoms with van der Waals surface area (Å²) in [6.07, 6.45) is 10.3. The van der Waals surface area contributed by atoms with Gasteiger partial charge >= 0.3 is 0 Å². The predicted octanol–water partition coefficient (Wildman–Crippen LogP) is 15.9. The number of nitrogens with zero attached hydrogens (tertiary/aromatic N) is 13. The summed E-state index contributed by atoms with van der Waals surface area (Å²) in [5.41, 5.74) is 17.1. The summed E-state index contributed by atoms with van der Waals surface area (Å²) in [6, 6.07) is 68.8. The van der Waals surface area contributed by atoms with Gasteiger partial charge in [0.05, 0.1) is 113 Å². The van der Waals surface area contributed by atoms with Crippen LogP contribution < -0.4 is 76.3 Å². The molecule has 0 saturated carbocycles. The number of hydrogen-bond donors (Lipinski definition) is 8. The largest absolute Gasteiger partial charge is 0.495 e. The molecule has 7 aliphatic heterocycles. The molecular formula is C106H114FN21O15S. The normalized spacial score (nSPS) is 16.8. The van der Waals surface area contributed by atoms with Gasteiger partial charge in [-0.15, -0.1) is 0 Å². The maximum atomic E-state index is 14.1. The predicted molar refractivity (Wildman–Crippen MR) is 552 cm³/mol. The number of hydrogen-bond acceptors (Lipinski definition) is 31. The average molecular weight is 1970 g/mol. The number of sulfonamides is 1. The Kier molecular flexibility index (Phi) is 34.0. The Hall–Kier alpha value is -15.4. The van der Waals surface area contributed by atoms with Crippen molar-refractivity contribution >= 4 is 126 Å². The first kappa shape index (κ1) is 100. The Morgan fingerprint density at radius 2 is 0.694 bits per heavy atom. The molecule has 7 saturated heterocycles. The van der Waals surface area contributed by atoms with Crippen LogP contribution in [-0.4, -0.2) is 241 Å². The maximum absolute atomic E-state index is 14.1. The minimum Gasteiger partial charge on any atom is -0.495 e. The van der Waals surface area contributed by atoms with Gasteiger partial charge in [-0.3, -0.25) is 19.2 Å². The van der Waals surface area contributed by atoms with E-state index < -0.39 is 15.8 Å². The molecule has 20 rings (SSSR count). The van der Waals surface area contributed by atoms with E-state index in [-0.39, 0.29) is 59.7 Å². The van der Waals surface area contributed by atoms with Crippen LogP contribution in [0.1, 0.15) is 39.0 Å². The van der Waals surface area contributed by atoms with Crippen LogP contribution >= 0.6 is 0 Å².